The molecule has 0 spiro atoms. The standard InChI is InChI=1S/C17H16N2/c1-13-17-5-3-2-4-15(17)10-11-19(13)16-8-6-14(12-18)7-9-16/h2-9,13H,10-11H2,1H3. The van der Waals surface area contributed by atoms with Crippen LogP contribution in [0.25, 0.3) is 0 Å². The molecule has 0 N–H and O–H groups in total. The van der Waals surface area contributed by atoms with E-state index in [9.17, 15) is 0 Å². The summed E-state index contributed by atoms with van der Waals surface area (Å²) in [6.07, 6.45) is 1.08. The lowest BCUT2D eigenvalue weighted by Gasteiger charge is -2.37. The van der Waals surface area contributed by atoms with Crippen LogP contribution in [-0.4, -0.2) is 6.54 Å². The first-order valence-electron chi connectivity index (χ1n) is 6.64. The van der Waals surface area contributed by atoms with Crippen LogP contribution in [0.4, 0.5) is 5.69 Å². The molecule has 0 radical (unpaired) electrons. The van der Waals surface area contributed by atoms with E-state index in [0.717, 1.165) is 13.0 Å². The average Bonchev–Trinajstić information content (AvgIpc) is 2.48. The van der Waals surface area contributed by atoms with E-state index in [0.29, 0.717) is 11.6 Å². The van der Waals surface area contributed by atoms with Gasteiger partial charge in [-0.05, 0) is 48.7 Å². The summed E-state index contributed by atoms with van der Waals surface area (Å²) in [5, 5.41) is 8.86. The number of nitrogens with zero attached hydrogens (tertiary/aromatic N) is 2. The molecule has 0 aliphatic carbocycles. The molecule has 1 heterocycles. The van der Waals surface area contributed by atoms with Crippen LogP contribution < -0.4 is 4.90 Å². The number of fused-ring (bicyclic) bond motifs is 1. The molecule has 0 saturated heterocycles. The van der Waals surface area contributed by atoms with E-state index in [1.165, 1.54) is 16.8 Å². The van der Waals surface area contributed by atoms with Crippen molar-refractivity contribution in [1.82, 2.24) is 0 Å². The van der Waals surface area contributed by atoms with E-state index >= 15 is 0 Å². The van der Waals surface area contributed by atoms with Crippen LogP contribution in [0.5, 0.6) is 0 Å². The van der Waals surface area contributed by atoms with Gasteiger partial charge in [0.1, 0.15) is 0 Å². The topological polar surface area (TPSA) is 27.0 Å². The van der Waals surface area contributed by atoms with Gasteiger partial charge in [-0.15, -0.1) is 0 Å². The second kappa shape index (κ2) is 4.78. The molecule has 1 atom stereocenters. The predicted octanol–water partition coefficient (Wildman–Crippen LogP) is 3.68. The minimum atomic E-state index is 0.387. The van der Waals surface area contributed by atoms with Crippen LogP contribution in [0.1, 0.15) is 29.7 Å². The highest BCUT2D eigenvalue weighted by Crippen LogP contribution is 2.33. The average molecular weight is 248 g/mol. The molecule has 2 aromatic rings. The number of rotatable bonds is 1. The Labute approximate surface area is 113 Å². The molecular formula is C17H16N2. The van der Waals surface area contributed by atoms with Gasteiger partial charge in [-0.25, -0.2) is 0 Å². The first-order valence-corrected chi connectivity index (χ1v) is 6.64. The van der Waals surface area contributed by atoms with E-state index in [2.05, 4.69) is 42.2 Å². The van der Waals surface area contributed by atoms with Crippen LogP contribution in [-0.2, 0) is 6.42 Å². The second-order valence-corrected chi connectivity index (χ2v) is 4.98. The summed E-state index contributed by atoms with van der Waals surface area (Å²) in [7, 11) is 0. The molecule has 1 unspecified atom stereocenters. The van der Waals surface area contributed by atoms with Crippen LogP contribution in [0.2, 0.25) is 0 Å². The van der Waals surface area contributed by atoms with E-state index in [-0.39, 0.29) is 0 Å². The lowest BCUT2D eigenvalue weighted by atomic mass is 9.93. The van der Waals surface area contributed by atoms with Crippen LogP contribution >= 0.6 is 0 Å². The Morgan fingerprint density at radius 3 is 2.58 bits per heavy atom. The summed E-state index contributed by atoms with van der Waals surface area (Å²) in [5.41, 5.74) is 4.79. The van der Waals surface area contributed by atoms with Crippen molar-refractivity contribution in [2.24, 2.45) is 0 Å². The maximum atomic E-state index is 8.86. The van der Waals surface area contributed by atoms with E-state index < -0.39 is 0 Å². The van der Waals surface area contributed by atoms with E-state index in [1.807, 2.05) is 24.3 Å². The van der Waals surface area contributed by atoms with Crippen molar-refractivity contribution in [2.45, 2.75) is 19.4 Å². The second-order valence-electron chi connectivity index (χ2n) is 4.98. The van der Waals surface area contributed by atoms with Gasteiger partial charge < -0.3 is 4.90 Å². The Hall–Kier alpha value is -2.27. The van der Waals surface area contributed by atoms with Gasteiger partial charge in [0.15, 0.2) is 0 Å². The van der Waals surface area contributed by atoms with Crippen molar-refractivity contribution in [2.75, 3.05) is 11.4 Å². The Morgan fingerprint density at radius 2 is 1.84 bits per heavy atom. The van der Waals surface area contributed by atoms with Crippen LogP contribution in [0, 0.1) is 11.3 Å². The smallest absolute Gasteiger partial charge is 0.0991 e. The summed E-state index contributed by atoms with van der Waals surface area (Å²) in [4.78, 5) is 2.41. The third-order valence-electron chi connectivity index (χ3n) is 3.92. The van der Waals surface area contributed by atoms with Crippen LogP contribution in [0.15, 0.2) is 48.5 Å². The summed E-state index contributed by atoms with van der Waals surface area (Å²) in [6.45, 7) is 3.28. The molecule has 0 bridgehead atoms. The first kappa shape index (κ1) is 11.8. The monoisotopic (exact) mass is 248 g/mol. The fraction of sp³-hybridized carbons (Fsp3) is 0.235. The summed E-state index contributed by atoms with van der Waals surface area (Å²) >= 11 is 0. The van der Waals surface area contributed by atoms with Gasteiger partial charge in [-0.2, -0.15) is 5.26 Å². The predicted molar refractivity (Wildman–Crippen MR) is 77.1 cm³/mol. The molecule has 94 valence electrons. The number of nitriles is 1. The van der Waals surface area contributed by atoms with Crippen molar-refractivity contribution < 1.29 is 0 Å². The third kappa shape index (κ3) is 2.08. The number of hydrogen-bond donors (Lipinski definition) is 0. The maximum Gasteiger partial charge on any atom is 0.0991 e. The van der Waals surface area contributed by atoms with Crippen molar-refractivity contribution in [1.29, 1.82) is 5.26 Å². The zero-order valence-electron chi connectivity index (χ0n) is 11.0. The number of hydrogen-bond acceptors (Lipinski definition) is 2. The van der Waals surface area contributed by atoms with Gasteiger partial charge in [-0.3, -0.25) is 0 Å². The highest BCUT2D eigenvalue weighted by molar-refractivity contribution is 5.53. The molecule has 2 nitrogen and oxygen atoms in total. The van der Waals surface area contributed by atoms with Crippen molar-refractivity contribution in [3.63, 3.8) is 0 Å². The molecule has 0 saturated carbocycles. The highest BCUT2D eigenvalue weighted by atomic mass is 15.2. The zero-order valence-corrected chi connectivity index (χ0v) is 11.0. The number of benzene rings is 2. The molecular weight excluding hydrogens is 232 g/mol. The molecule has 2 aromatic carbocycles. The van der Waals surface area contributed by atoms with Gasteiger partial charge in [0, 0.05) is 12.2 Å². The molecule has 1 aliphatic rings. The first-order chi connectivity index (χ1) is 9.29. The van der Waals surface area contributed by atoms with Crippen molar-refractivity contribution in [3.8, 4) is 6.07 Å². The normalized spacial score (nSPS) is 17.7. The Bertz CT molecular complexity index is 622. The van der Waals surface area contributed by atoms with Gasteiger partial charge in [-0.1, -0.05) is 24.3 Å². The molecule has 19 heavy (non-hydrogen) atoms. The lowest BCUT2D eigenvalue weighted by Crippen LogP contribution is -2.33. The van der Waals surface area contributed by atoms with Gasteiger partial charge in [0.25, 0.3) is 0 Å². The molecule has 2 heteroatoms. The van der Waals surface area contributed by atoms with Crippen molar-refractivity contribution >= 4 is 5.69 Å². The minimum absolute atomic E-state index is 0.387. The highest BCUT2D eigenvalue weighted by Gasteiger charge is 2.23. The molecule has 3 rings (SSSR count). The molecule has 0 fully saturated rings. The Kier molecular flexibility index (Phi) is 2.97. The summed E-state index contributed by atoms with van der Waals surface area (Å²) in [5.74, 6) is 0. The molecule has 1 aliphatic heterocycles. The lowest BCUT2D eigenvalue weighted by molar-refractivity contribution is 0.625. The SMILES string of the molecule is CC1c2ccccc2CCN1c1ccc(C#N)cc1. The summed E-state index contributed by atoms with van der Waals surface area (Å²) in [6, 6.07) is 19.1. The quantitative estimate of drug-likeness (QED) is 0.769. The molecule has 0 aromatic heterocycles. The Morgan fingerprint density at radius 1 is 1.11 bits per heavy atom. The fourth-order valence-corrected chi connectivity index (χ4v) is 2.85. The fourth-order valence-electron chi connectivity index (χ4n) is 2.85. The third-order valence-corrected chi connectivity index (χ3v) is 3.92. The van der Waals surface area contributed by atoms with E-state index in [1.54, 1.807) is 0 Å². The van der Waals surface area contributed by atoms with Gasteiger partial charge in [0.2, 0.25) is 0 Å². The molecule has 0 amide bonds. The zero-order chi connectivity index (χ0) is 13.2. The minimum Gasteiger partial charge on any atom is -0.364 e. The summed E-state index contributed by atoms with van der Waals surface area (Å²) < 4.78 is 0. The largest absolute Gasteiger partial charge is 0.364 e. The number of anilines is 1. The van der Waals surface area contributed by atoms with Gasteiger partial charge >= 0.3 is 0 Å². The van der Waals surface area contributed by atoms with Gasteiger partial charge in [0.05, 0.1) is 17.7 Å². The van der Waals surface area contributed by atoms with Crippen LogP contribution in [0.3, 0.4) is 0 Å². The van der Waals surface area contributed by atoms with Crippen molar-refractivity contribution in [3.05, 3.63) is 65.2 Å². The van der Waals surface area contributed by atoms with E-state index in [4.69, 9.17) is 5.26 Å². The Balaban J connectivity index is 1.93. The maximum absolute atomic E-state index is 8.86.